The van der Waals surface area contributed by atoms with Crippen LogP contribution < -0.4 is 5.32 Å². The lowest BCUT2D eigenvalue weighted by molar-refractivity contribution is 0.223. The summed E-state index contributed by atoms with van der Waals surface area (Å²) >= 11 is 5.67. The van der Waals surface area contributed by atoms with Gasteiger partial charge in [0.05, 0.1) is 30.1 Å². The van der Waals surface area contributed by atoms with Gasteiger partial charge in [-0.05, 0) is 61.3 Å². The fraction of sp³-hybridized carbons (Fsp3) is 0.231. The third-order valence-electron chi connectivity index (χ3n) is 6.34. The Morgan fingerprint density at radius 2 is 1.81 bits per heavy atom. The normalized spacial score (nSPS) is 18.3. The van der Waals surface area contributed by atoms with E-state index in [1.165, 1.54) is 27.7 Å². The Hall–Kier alpha value is -3.22. The van der Waals surface area contributed by atoms with Crippen molar-refractivity contribution >= 4 is 28.1 Å². The maximum Gasteiger partial charge on any atom is 0.170 e. The summed E-state index contributed by atoms with van der Waals surface area (Å²) in [6, 6.07) is 23.0. The molecule has 162 valence electrons. The highest BCUT2D eigenvalue weighted by molar-refractivity contribution is 7.80. The smallest absolute Gasteiger partial charge is 0.170 e. The molecule has 2 aromatic heterocycles. The zero-order chi connectivity index (χ0) is 22.2. The predicted octanol–water partition coefficient (Wildman–Crippen LogP) is 4.61. The van der Waals surface area contributed by atoms with Crippen molar-refractivity contribution in [2.45, 2.75) is 25.9 Å². The van der Waals surface area contributed by atoms with E-state index in [1.54, 1.807) is 0 Å². The number of aliphatic hydroxyl groups is 1. The number of hydrogen-bond acceptors (Lipinski definition) is 3. The molecule has 0 amide bonds. The summed E-state index contributed by atoms with van der Waals surface area (Å²) < 4.78 is 2.33. The van der Waals surface area contributed by atoms with Crippen LogP contribution in [0.2, 0.25) is 0 Å². The molecule has 32 heavy (non-hydrogen) atoms. The maximum atomic E-state index is 9.74. The summed E-state index contributed by atoms with van der Waals surface area (Å²) in [5, 5.41) is 16.3. The van der Waals surface area contributed by atoms with Gasteiger partial charge in [0.15, 0.2) is 5.11 Å². The first-order valence-electron chi connectivity index (χ1n) is 10.9. The summed E-state index contributed by atoms with van der Waals surface area (Å²) in [6.45, 7) is 4.82. The summed E-state index contributed by atoms with van der Waals surface area (Å²) in [7, 11) is 0. The number of aryl methyl sites for hydroxylation is 1. The molecule has 1 saturated heterocycles. The van der Waals surface area contributed by atoms with Crippen molar-refractivity contribution < 1.29 is 5.11 Å². The second kappa shape index (κ2) is 8.37. The maximum absolute atomic E-state index is 9.74. The van der Waals surface area contributed by atoms with Gasteiger partial charge in [-0.2, -0.15) is 0 Å². The molecule has 3 heterocycles. The van der Waals surface area contributed by atoms with Crippen molar-refractivity contribution in [2.75, 3.05) is 13.2 Å². The Morgan fingerprint density at radius 1 is 1.03 bits per heavy atom. The van der Waals surface area contributed by atoms with Crippen LogP contribution >= 0.6 is 12.2 Å². The number of hydrogen-bond donors (Lipinski definition) is 2. The zero-order valence-electron chi connectivity index (χ0n) is 18.2. The van der Waals surface area contributed by atoms with Gasteiger partial charge in [-0.3, -0.25) is 4.98 Å². The molecule has 0 bridgehead atoms. The molecule has 1 fully saturated rings. The van der Waals surface area contributed by atoms with E-state index in [4.69, 9.17) is 12.2 Å². The van der Waals surface area contributed by atoms with E-state index in [2.05, 4.69) is 82.1 Å². The van der Waals surface area contributed by atoms with Crippen LogP contribution in [-0.4, -0.2) is 37.8 Å². The Kier molecular flexibility index (Phi) is 5.41. The zero-order valence-corrected chi connectivity index (χ0v) is 19.0. The third kappa shape index (κ3) is 3.36. The molecule has 1 aliphatic heterocycles. The number of nitrogens with zero attached hydrogens (tertiary/aromatic N) is 3. The van der Waals surface area contributed by atoms with Crippen molar-refractivity contribution in [3.05, 3.63) is 95.6 Å². The van der Waals surface area contributed by atoms with E-state index in [9.17, 15) is 5.11 Å². The Labute approximate surface area is 193 Å². The highest BCUT2D eigenvalue weighted by atomic mass is 32.1. The Bertz CT molecular complexity index is 1280. The van der Waals surface area contributed by atoms with Crippen molar-refractivity contribution in [2.24, 2.45) is 0 Å². The second-order valence-electron chi connectivity index (χ2n) is 8.20. The summed E-state index contributed by atoms with van der Waals surface area (Å²) in [5.41, 5.74) is 5.62. The van der Waals surface area contributed by atoms with Gasteiger partial charge in [-0.15, -0.1) is 0 Å². The fourth-order valence-electron chi connectivity index (χ4n) is 4.95. The standard InChI is InChI=1S/C26H26N4OS/c1-17-16-21(18(2)30(17)23-12-7-9-19-8-3-4-10-20(19)23)25-24(22-11-5-6-13-27-22)28-26(32)29(25)14-15-31/h3-13,16,24-25,31H,14-15H2,1-2H3,(H,28,32)/t24-,25+/m0/s1. The van der Waals surface area contributed by atoms with Gasteiger partial charge in [0.2, 0.25) is 0 Å². The van der Waals surface area contributed by atoms with Crippen LogP contribution in [0.25, 0.3) is 16.5 Å². The molecule has 0 aliphatic carbocycles. The highest BCUT2D eigenvalue weighted by Crippen LogP contribution is 2.41. The highest BCUT2D eigenvalue weighted by Gasteiger charge is 2.41. The van der Waals surface area contributed by atoms with Crippen LogP contribution in [0.3, 0.4) is 0 Å². The van der Waals surface area contributed by atoms with Gasteiger partial charge in [0, 0.05) is 29.5 Å². The first-order valence-corrected chi connectivity index (χ1v) is 11.3. The molecule has 5 rings (SSSR count). The van der Waals surface area contributed by atoms with Crippen LogP contribution in [0.1, 0.15) is 34.7 Å². The molecule has 1 aliphatic rings. The molecule has 5 nitrogen and oxygen atoms in total. The quantitative estimate of drug-likeness (QED) is 0.442. The molecule has 0 saturated carbocycles. The van der Waals surface area contributed by atoms with Crippen molar-refractivity contribution in [1.82, 2.24) is 19.8 Å². The van der Waals surface area contributed by atoms with E-state index in [0.717, 1.165) is 11.4 Å². The van der Waals surface area contributed by atoms with Crippen molar-refractivity contribution in [3.63, 3.8) is 0 Å². The summed E-state index contributed by atoms with van der Waals surface area (Å²) in [5.74, 6) is 0. The largest absolute Gasteiger partial charge is 0.395 e. The van der Waals surface area contributed by atoms with Crippen LogP contribution in [0, 0.1) is 13.8 Å². The van der Waals surface area contributed by atoms with E-state index in [-0.39, 0.29) is 18.7 Å². The van der Waals surface area contributed by atoms with Crippen molar-refractivity contribution in [1.29, 1.82) is 0 Å². The lowest BCUT2D eigenvalue weighted by Crippen LogP contribution is -2.32. The number of nitrogens with one attached hydrogen (secondary N) is 1. The average Bonchev–Trinajstić information content (AvgIpc) is 3.29. The van der Waals surface area contributed by atoms with E-state index in [1.807, 2.05) is 24.4 Å². The molecule has 0 spiro atoms. The van der Waals surface area contributed by atoms with Gasteiger partial charge in [-0.25, -0.2) is 0 Å². The minimum Gasteiger partial charge on any atom is -0.395 e. The predicted molar refractivity (Wildman–Crippen MR) is 132 cm³/mol. The molecule has 0 unspecified atom stereocenters. The van der Waals surface area contributed by atoms with Crippen LogP contribution in [0.15, 0.2) is 72.9 Å². The molecule has 0 radical (unpaired) electrons. The lowest BCUT2D eigenvalue weighted by Gasteiger charge is -2.27. The molecule has 2 atom stereocenters. The van der Waals surface area contributed by atoms with E-state index in [0.29, 0.717) is 11.7 Å². The molecule has 6 heteroatoms. The number of rotatable bonds is 5. The number of thiocarbonyl (C=S) groups is 1. The van der Waals surface area contributed by atoms with Crippen LogP contribution in [0.4, 0.5) is 0 Å². The number of benzene rings is 2. The first-order chi connectivity index (χ1) is 15.6. The number of aliphatic hydroxyl groups excluding tert-OH is 1. The van der Waals surface area contributed by atoms with Gasteiger partial charge < -0.3 is 19.9 Å². The monoisotopic (exact) mass is 442 g/mol. The topological polar surface area (TPSA) is 53.3 Å². The number of aromatic nitrogens is 2. The Morgan fingerprint density at radius 3 is 2.59 bits per heavy atom. The van der Waals surface area contributed by atoms with Crippen molar-refractivity contribution in [3.8, 4) is 5.69 Å². The molecular weight excluding hydrogens is 416 g/mol. The summed E-state index contributed by atoms with van der Waals surface area (Å²) in [4.78, 5) is 6.69. The van der Waals surface area contributed by atoms with Gasteiger partial charge >= 0.3 is 0 Å². The van der Waals surface area contributed by atoms with E-state index < -0.39 is 0 Å². The molecule has 2 N–H and O–H groups in total. The average molecular weight is 443 g/mol. The first kappa shape index (κ1) is 20.7. The van der Waals surface area contributed by atoms with Gasteiger partial charge in [0.1, 0.15) is 0 Å². The SMILES string of the molecule is Cc1cc([C@@H]2[C@H](c3ccccn3)NC(=S)N2CCO)c(C)n1-c1cccc2ccccc12. The number of β-amino-alcohol motifs (C(OH)–C–C–N with tert-alkyl or cyclic N) is 1. The number of fused-ring (bicyclic) bond motifs is 1. The minimum absolute atomic E-state index is 0.0370. The van der Waals surface area contributed by atoms with Gasteiger partial charge in [0.25, 0.3) is 0 Å². The van der Waals surface area contributed by atoms with Crippen LogP contribution in [-0.2, 0) is 0 Å². The van der Waals surface area contributed by atoms with E-state index >= 15 is 0 Å². The summed E-state index contributed by atoms with van der Waals surface area (Å²) in [6.07, 6.45) is 1.81. The lowest BCUT2D eigenvalue weighted by atomic mass is 9.97. The second-order valence-corrected chi connectivity index (χ2v) is 8.59. The molecule has 4 aromatic rings. The minimum atomic E-state index is -0.0864. The fourth-order valence-corrected chi connectivity index (χ4v) is 5.29. The molecular formula is C26H26N4OS. The molecule has 2 aromatic carbocycles. The Balaban J connectivity index is 1.67. The van der Waals surface area contributed by atoms with Crippen LogP contribution in [0.5, 0.6) is 0 Å². The van der Waals surface area contributed by atoms with Gasteiger partial charge in [-0.1, -0.05) is 42.5 Å². The third-order valence-corrected chi connectivity index (χ3v) is 6.69. The number of pyridine rings is 1.